The molecule has 2 rings (SSSR count). The fourth-order valence-electron chi connectivity index (χ4n) is 1.45. The number of ether oxygens (including phenoxy) is 1. The van der Waals surface area contributed by atoms with Crippen molar-refractivity contribution in [3.05, 3.63) is 36.7 Å². The standard InChI is InChI=1S/C12H16N4O/c1-2-11(8-13)17-12-14-9-16(15-12)10-6-4-3-5-7-10/h3-7,9,11H,2,8,13H2,1H3. The van der Waals surface area contributed by atoms with Crippen LogP contribution >= 0.6 is 0 Å². The van der Waals surface area contributed by atoms with Crippen LogP contribution in [0.1, 0.15) is 13.3 Å². The summed E-state index contributed by atoms with van der Waals surface area (Å²) in [5, 5.41) is 4.24. The van der Waals surface area contributed by atoms with Gasteiger partial charge >= 0.3 is 6.01 Å². The van der Waals surface area contributed by atoms with Gasteiger partial charge in [0.05, 0.1) is 5.69 Å². The van der Waals surface area contributed by atoms with Gasteiger partial charge < -0.3 is 10.5 Å². The van der Waals surface area contributed by atoms with Crippen LogP contribution in [-0.4, -0.2) is 27.4 Å². The molecule has 1 aromatic heterocycles. The van der Waals surface area contributed by atoms with Gasteiger partial charge in [-0.2, -0.15) is 4.98 Å². The predicted molar refractivity (Wildman–Crippen MR) is 65.1 cm³/mol. The minimum atomic E-state index is -0.0263. The Morgan fingerprint density at radius 3 is 2.76 bits per heavy atom. The van der Waals surface area contributed by atoms with Crippen LogP contribution in [0.5, 0.6) is 6.01 Å². The van der Waals surface area contributed by atoms with Crippen LogP contribution in [0.2, 0.25) is 0 Å². The summed E-state index contributed by atoms with van der Waals surface area (Å²) in [5.41, 5.74) is 6.52. The predicted octanol–water partition coefficient (Wildman–Crippen LogP) is 1.38. The number of hydrogen-bond donors (Lipinski definition) is 1. The maximum atomic E-state index is 5.56. The number of benzene rings is 1. The summed E-state index contributed by atoms with van der Waals surface area (Å²) in [6.07, 6.45) is 2.45. The van der Waals surface area contributed by atoms with Crippen molar-refractivity contribution < 1.29 is 4.74 Å². The van der Waals surface area contributed by atoms with E-state index in [9.17, 15) is 0 Å². The summed E-state index contributed by atoms with van der Waals surface area (Å²) in [7, 11) is 0. The Bertz CT molecular complexity index is 451. The smallest absolute Gasteiger partial charge is 0.336 e. The molecule has 0 bridgehead atoms. The lowest BCUT2D eigenvalue weighted by atomic mass is 10.3. The summed E-state index contributed by atoms with van der Waals surface area (Å²) in [6, 6.07) is 10.1. The van der Waals surface area contributed by atoms with Crippen LogP contribution in [0.3, 0.4) is 0 Å². The number of aromatic nitrogens is 3. The van der Waals surface area contributed by atoms with Gasteiger partial charge in [0.1, 0.15) is 12.4 Å². The average molecular weight is 232 g/mol. The second-order valence-electron chi connectivity index (χ2n) is 3.69. The molecule has 1 unspecified atom stereocenters. The molecule has 1 aromatic carbocycles. The van der Waals surface area contributed by atoms with Gasteiger partial charge in [-0.15, -0.1) is 5.10 Å². The molecule has 2 N–H and O–H groups in total. The summed E-state index contributed by atoms with van der Waals surface area (Å²) in [5.74, 6) is 0. The summed E-state index contributed by atoms with van der Waals surface area (Å²) < 4.78 is 7.23. The van der Waals surface area contributed by atoms with Crippen LogP contribution in [0.15, 0.2) is 36.7 Å². The van der Waals surface area contributed by atoms with Crippen molar-refractivity contribution in [2.24, 2.45) is 5.73 Å². The van der Waals surface area contributed by atoms with Crippen LogP contribution in [-0.2, 0) is 0 Å². The SMILES string of the molecule is CCC(CN)Oc1ncn(-c2ccccc2)n1. The van der Waals surface area contributed by atoms with E-state index < -0.39 is 0 Å². The monoisotopic (exact) mass is 232 g/mol. The molecule has 17 heavy (non-hydrogen) atoms. The molecule has 0 saturated carbocycles. The van der Waals surface area contributed by atoms with Gasteiger partial charge in [0.15, 0.2) is 0 Å². The van der Waals surface area contributed by atoms with E-state index in [-0.39, 0.29) is 6.10 Å². The van der Waals surface area contributed by atoms with E-state index in [4.69, 9.17) is 10.5 Å². The first-order valence-electron chi connectivity index (χ1n) is 5.67. The first kappa shape index (κ1) is 11.6. The summed E-state index contributed by atoms with van der Waals surface area (Å²) in [4.78, 5) is 4.10. The quantitative estimate of drug-likeness (QED) is 0.845. The number of hydrogen-bond acceptors (Lipinski definition) is 4. The lowest BCUT2D eigenvalue weighted by Gasteiger charge is -2.11. The van der Waals surface area contributed by atoms with Crippen LogP contribution in [0.25, 0.3) is 5.69 Å². The molecule has 0 spiro atoms. The van der Waals surface area contributed by atoms with Gasteiger partial charge in [-0.3, -0.25) is 0 Å². The second kappa shape index (κ2) is 5.45. The van der Waals surface area contributed by atoms with Crippen molar-refractivity contribution in [3.63, 3.8) is 0 Å². The first-order valence-corrected chi connectivity index (χ1v) is 5.67. The van der Waals surface area contributed by atoms with E-state index in [1.807, 2.05) is 37.3 Å². The Kier molecular flexibility index (Phi) is 3.72. The summed E-state index contributed by atoms with van der Waals surface area (Å²) in [6.45, 7) is 2.49. The van der Waals surface area contributed by atoms with Crippen molar-refractivity contribution in [3.8, 4) is 11.7 Å². The van der Waals surface area contributed by atoms with Gasteiger partial charge in [-0.1, -0.05) is 25.1 Å². The minimum Gasteiger partial charge on any atom is -0.458 e. The first-order chi connectivity index (χ1) is 8.33. The molecule has 0 radical (unpaired) electrons. The zero-order chi connectivity index (χ0) is 12.1. The van der Waals surface area contributed by atoms with Gasteiger partial charge in [0.25, 0.3) is 0 Å². The van der Waals surface area contributed by atoms with Crippen molar-refractivity contribution in [1.29, 1.82) is 0 Å². The average Bonchev–Trinajstić information content (AvgIpc) is 2.85. The molecule has 2 aromatic rings. The van der Waals surface area contributed by atoms with Crippen LogP contribution in [0.4, 0.5) is 0 Å². The van der Waals surface area contributed by atoms with Gasteiger partial charge in [0.2, 0.25) is 0 Å². The molecule has 0 aliphatic rings. The van der Waals surface area contributed by atoms with E-state index >= 15 is 0 Å². The Hall–Kier alpha value is -1.88. The second-order valence-corrected chi connectivity index (χ2v) is 3.69. The van der Waals surface area contributed by atoms with Crippen LogP contribution < -0.4 is 10.5 Å². The van der Waals surface area contributed by atoms with E-state index in [0.717, 1.165) is 12.1 Å². The zero-order valence-electron chi connectivity index (χ0n) is 9.78. The third kappa shape index (κ3) is 2.82. The Morgan fingerprint density at radius 2 is 2.12 bits per heavy atom. The molecular formula is C12H16N4O. The van der Waals surface area contributed by atoms with Gasteiger partial charge in [-0.25, -0.2) is 4.68 Å². The Labute approximate surface area is 100 Å². The molecule has 0 aliphatic carbocycles. The maximum Gasteiger partial charge on any atom is 0.336 e. The van der Waals surface area contributed by atoms with Crippen molar-refractivity contribution in [2.45, 2.75) is 19.4 Å². The maximum absolute atomic E-state index is 5.56. The molecular weight excluding hydrogens is 216 g/mol. The van der Waals surface area contributed by atoms with E-state index in [1.165, 1.54) is 0 Å². The van der Waals surface area contributed by atoms with Crippen LogP contribution in [0, 0.1) is 0 Å². The Balaban J connectivity index is 2.11. The largest absolute Gasteiger partial charge is 0.458 e. The topological polar surface area (TPSA) is 66.0 Å². The van der Waals surface area contributed by atoms with Crippen molar-refractivity contribution in [2.75, 3.05) is 6.54 Å². The molecule has 1 heterocycles. The summed E-state index contributed by atoms with van der Waals surface area (Å²) >= 11 is 0. The van der Waals surface area contributed by atoms with Gasteiger partial charge in [0, 0.05) is 6.54 Å². The fourth-order valence-corrected chi connectivity index (χ4v) is 1.45. The number of nitrogens with zero attached hydrogens (tertiary/aromatic N) is 3. The van der Waals surface area contributed by atoms with Gasteiger partial charge in [-0.05, 0) is 18.6 Å². The molecule has 0 aliphatic heterocycles. The van der Waals surface area contributed by atoms with E-state index in [1.54, 1.807) is 11.0 Å². The number of para-hydroxylation sites is 1. The molecule has 5 nitrogen and oxygen atoms in total. The molecule has 1 atom stereocenters. The van der Waals surface area contributed by atoms with Crippen molar-refractivity contribution in [1.82, 2.24) is 14.8 Å². The zero-order valence-corrected chi connectivity index (χ0v) is 9.78. The third-order valence-electron chi connectivity index (χ3n) is 2.48. The molecule has 0 saturated heterocycles. The molecule has 0 fully saturated rings. The third-order valence-corrected chi connectivity index (χ3v) is 2.48. The lowest BCUT2D eigenvalue weighted by Crippen LogP contribution is -2.26. The fraction of sp³-hybridized carbons (Fsp3) is 0.333. The van der Waals surface area contributed by atoms with E-state index in [2.05, 4.69) is 10.1 Å². The van der Waals surface area contributed by atoms with Crippen molar-refractivity contribution >= 4 is 0 Å². The normalized spacial score (nSPS) is 12.4. The molecule has 0 amide bonds. The molecule has 90 valence electrons. The highest BCUT2D eigenvalue weighted by atomic mass is 16.5. The number of rotatable bonds is 5. The van der Waals surface area contributed by atoms with E-state index in [0.29, 0.717) is 12.6 Å². The highest BCUT2D eigenvalue weighted by Gasteiger charge is 2.09. The Morgan fingerprint density at radius 1 is 1.35 bits per heavy atom. The number of nitrogens with two attached hydrogens (primary N) is 1. The lowest BCUT2D eigenvalue weighted by molar-refractivity contribution is 0.188. The molecule has 5 heteroatoms. The highest BCUT2D eigenvalue weighted by molar-refractivity contribution is 5.29. The minimum absolute atomic E-state index is 0.0263. The highest BCUT2D eigenvalue weighted by Crippen LogP contribution is 2.10.